The van der Waals surface area contributed by atoms with Gasteiger partial charge in [0.2, 0.25) is 0 Å². The van der Waals surface area contributed by atoms with Crippen molar-refractivity contribution in [1.29, 1.82) is 0 Å². The Morgan fingerprint density at radius 2 is 1.75 bits per heavy atom. The van der Waals surface area contributed by atoms with Crippen LogP contribution in [0.15, 0.2) is 30.3 Å². The van der Waals surface area contributed by atoms with Crippen LogP contribution in [0.4, 0.5) is 0 Å². The Morgan fingerprint density at radius 1 is 1.06 bits per heavy atom. The molecule has 1 aliphatic carbocycles. The van der Waals surface area contributed by atoms with Gasteiger partial charge in [0.25, 0.3) is 0 Å². The molecule has 0 heterocycles. The van der Waals surface area contributed by atoms with Gasteiger partial charge in [-0.05, 0) is 42.1 Å². The molecule has 2 rings (SSSR count). The third-order valence-electron chi connectivity index (χ3n) is 4.25. The molecule has 0 amide bonds. The smallest absolute Gasteiger partial charge is 0.0129 e. The van der Waals surface area contributed by atoms with E-state index < -0.39 is 0 Å². The van der Waals surface area contributed by atoms with E-state index in [2.05, 4.69) is 51.1 Å². The Labute approximate surface area is 100 Å². The van der Waals surface area contributed by atoms with Gasteiger partial charge in [0.05, 0.1) is 0 Å². The van der Waals surface area contributed by atoms with E-state index in [0.717, 1.165) is 23.7 Å². The first-order valence-corrected chi connectivity index (χ1v) is 6.73. The van der Waals surface area contributed by atoms with Crippen LogP contribution in [0.5, 0.6) is 0 Å². The van der Waals surface area contributed by atoms with Gasteiger partial charge in [-0.1, -0.05) is 57.5 Å². The first kappa shape index (κ1) is 11.7. The number of hydrogen-bond donors (Lipinski definition) is 0. The molecule has 16 heavy (non-hydrogen) atoms. The average molecular weight is 216 g/mol. The van der Waals surface area contributed by atoms with E-state index in [0.29, 0.717) is 0 Å². The summed E-state index contributed by atoms with van der Waals surface area (Å²) in [5, 5.41) is 0. The van der Waals surface area contributed by atoms with E-state index in [1.165, 1.54) is 19.3 Å². The van der Waals surface area contributed by atoms with Crippen molar-refractivity contribution < 1.29 is 0 Å². The summed E-state index contributed by atoms with van der Waals surface area (Å²) < 4.78 is 0. The van der Waals surface area contributed by atoms with E-state index in [9.17, 15) is 0 Å². The lowest BCUT2D eigenvalue weighted by Gasteiger charge is -2.37. The van der Waals surface area contributed by atoms with E-state index >= 15 is 0 Å². The molecule has 0 nitrogen and oxygen atoms in total. The molecule has 88 valence electrons. The van der Waals surface area contributed by atoms with Crippen molar-refractivity contribution in [3.8, 4) is 0 Å². The second-order valence-electron chi connectivity index (χ2n) is 5.84. The Hall–Kier alpha value is -0.780. The molecule has 3 unspecified atom stereocenters. The summed E-state index contributed by atoms with van der Waals surface area (Å²) in [6.07, 6.45) is 4.22. The van der Waals surface area contributed by atoms with Crippen molar-refractivity contribution in [2.45, 2.75) is 46.0 Å². The number of benzene rings is 1. The lowest BCUT2D eigenvalue weighted by Crippen LogP contribution is -2.26. The molecule has 1 aromatic rings. The second-order valence-corrected chi connectivity index (χ2v) is 5.84. The minimum Gasteiger partial charge on any atom is -0.0625 e. The summed E-state index contributed by atoms with van der Waals surface area (Å²) in [4.78, 5) is 0. The summed E-state index contributed by atoms with van der Waals surface area (Å²) in [5.74, 6) is 3.40. The quantitative estimate of drug-likeness (QED) is 0.662. The molecule has 0 spiro atoms. The van der Waals surface area contributed by atoms with Gasteiger partial charge >= 0.3 is 0 Å². The van der Waals surface area contributed by atoms with Gasteiger partial charge in [-0.15, -0.1) is 0 Å². The fourth-order valence-electron chi connectivity index (χ4n) is 3.29. The maximum absolute atomic E-state index is 2.41. The van der Waals surface area contributed by atoms with Crippen LogP contribution < -0.4 is 0 Å². The average Bonchev–Trinajstić information content (AvgIpc) is 2.29. The number of rotatable bonds is 2. The van der Waals surface area contributed by atoms with E-state index in [1.807, 2.05) is 0 Å². The van der Waals surface area contributed by atoms with Gasteiger partial charge in [-0.2, -0.15) is 0 Å². The number of hydrogen-bond acceptors (Lipinski definition) is 0. The lowest BCUT2D eigenvalue weighted by atomic mass is 9.68. The van der Waals surface area contributed by atoms with Crippen LogP contribution in [0.25, 0.3) is 0 Å². The summed E-state index contributed by atoms with van der Waals surface area (Å²) >= 11 is 0. The second kappa shape index (κ2) is 5.03. The molecule has 1 saturated carbocycles. The zero-order valence-electron chi connectivity index (χ0n) is 10.8. The maximum Gasteiger partial charge on any atom is -0.0129 e. The minimum atomic E-state index is 0.796. The van der Waals surface area contributed by atoms with Crippen molar-refractivity contribution >= 4 is 0 Å². The van der Waals surface area contributed by atoms with Crippen LogP contribution in [-0.2, 0) is 0 Å². The maximum atomic E-state index is 2.41. The van der Waals surface area contributed by atoms with Gasteiger partial charge in [0.1, 0.15) is 0 Å². The molecule has 3 atom stereocenters. The lowest BCUT2D eigenvalue weighted by molar-refractivity contribution is 0.197. The van der Waals surface area contributed by atoms with Crippen LogP contribution in [0.2, 0.25) is 0 Å². The van der Waals surface area contributed by atoms with Crippen LogP contribution in [0.3, 0.4) is 0 Å². The van der Waals surface area contributed by atoms with Crippen LogP contribution >= 0.6 is 0 Å². The minimum absolute atomic E-state index is 0.796. The summed E-state index contributed by atoms with van der Waals surface area (Å²) in [6.45, 7) is 7.18. The Balaban J connectivity index is 2.21. The van der Waals surface area contributed by atoms with Crippen molar-refractivity contribution in [3.05, 3.63) is 35.9 Å². The first-order valence-electron chi connectivity index (χ1n) is 6.73. The summed E-state index contributed by atoms with van der Waals surface area (Å²) in [7, 11) is 0. The fraction of sp³-hybridized carbons (Fsp3) is 0.625. The summed E-state index contributed by atoms with van der Waals surface area (Å²) in [5.41, 5.74) is 1.56. The van der Waals surface area contributed by atoms with E-state index in [1.54, 1.807) is 5.56 Å². The SMILES string of the molecule is CC1CCC(C(C)C)C(c2ccccc2)C1. The molecular weight excluding hydrogens is 192 g/mol. The standard InChI is InChI=1S/C16H24/c1-12(2)15-10-9-13(3)11-16(15)14-7-5-4-6-8-14/h4-8,12-13,15-16H,9-11H2,1-3H3. The fourth-order valence-corrected chi connectivity index (χ4v) is 3.29. The van der Waals surface area contributed by atoms with E-state index in [-0.39, 0.29) is 0 Å². The van der Waals surface area contributed by atoms with Gasteiger partial charge in [-0.25, -0.2) is 0 Å². The normalized spacial score (nSPS) is 30.6. The molecule has 0 aromatic heterocycles. The summed E-state index contributed by atoms with van der Waals surface area (Å²) in [6, 6.07) is 11.1. The molecule has 0 aliphatic heterocycles. The molecule has 0 radical (unpaired) electrons. The largest absolute Gasteiger partial charge is 0.0625 e. The van der Waals surface area contributed by atoms with Crippen molar-refractivity contribution in [2.75, 3.05) is 0 Å². The topological polar surface area (TPSA) is 0 Å². The Morgan fingerprint density at radius 3 is 2.38 bits per heavy atom. The highest BCUT2D eigenvalue weighted by atomic mass is 14.4. The molecular formula is C16H24. The van der Waals surface area contributed by atoms with Crippen LogP contribution in [0.1, 0.15) is 51.5 Å². The van der Waals surface area contributed by atoms with Crippen LogP contribution in [-0.4, -0.2) is 0 Å². The van der Waals surface area contributed by atoms with Gasteiger partial charge in [-0.3, -0.25) is 0 Å². The predicted octanol–water partition coefficient (Wildman–Crippen LogP) is 4.86. The van der Waals surface area contributed by atoms with Gasteiger partial charge < -0.3 is 0 Å². The molecule has 0 N–H and O–H groups in total. The third-order valence-corrected chi connectivity index (χ3v) is 4.25. The molecule has 1 aliphatic rings. The molecule has 1 aromatic carbocycles. The molecule has 0 bridgehead atoms. The highest BCUT2D eigenvalue weighted by molar-refractivity contribution is 5.21. The van der Waals surface area contributed by atoms with Gasteiger partial charge in [0, 0.05) is 0 Å². The zero-order valence-corrected chi connectivity index (χ0v) is 10.8. The van der Waals surface area contributed by atoms with Crippen molar-refractivity contribution in [1.82, 2.24) is 0 Å². The van der Waals surface area contributed by atoms with Crippen molar-refractivity contribution in [3.63, 3.8) is 0 Å². The molecule has 1 fully saturated rings. The monoisotopic (exact) mass is 216 g/mol. The zero-order chi connectivity index (χ0) is 11.5. The van der Waals surface area contributed by atoms with Gasteiger partial charge in [0.15, 0.2) is 0 Å². The Bertz CT molecular complexity index is 312. The predicted molar refractivity (Wildman–Crippen MR) is 70.5 cm³/mol. The third kappa shape index (κ3) is 2.48. The van der Waals surface area contributed by atoms with Crippen molar-refractivity contribution in [2.24, 2.45) is 17.8 Å². The first-order chi connectivity index (χ1) is 7.68. The highest BCUT2D eigenvalue weighted by Crippen LogP contribution is 2.43. The Kier molecular flexibility index (Phi) is 3.68. The van der Waals surface area contributed by atoms with E-state index in [4.69, 9.17) is 0 Å². The van der Waals surface area contributed by atoms with Crippen LogP contribution in [0, 0.1) is 17.8 Å². The molecule has 0 heteroatoms. The highest BCUT2D eigenvalue weighted by Gasteiger charge is 2.31. The molecule has 0 saturated heterocycles.